The summed E-state index contributed by atoms with van der Waals surface area (Å²) < 4.78 is 5.92. The van der Waals surface area contributed by atoms with E-state index in [9.17, 15) is 0 Å². The Labute approximate surface area is 81.2 Å². The first-order chi connectivity index (χ1) is 5.98. The van der Waals surface area contributed by atoms with Crippen LogP contribution in [-0.2, 0) is 4.74 Å². The minimum atomic E-state index is 0.183. The summed E-state index contributed by atoms with van der Waals surface area (Å²) >= 11 is 0. The van der Waals surface area contributed by atoms with Gasteiger partial charge in [-0.15, -0.1) is 0 Å². The average molecular weight is 188 g/mol. The van der Waals surface area contributed by atoms with Crippen LogP contribution < -0.4 is 0 Å². The van der Waals surface area contributed by atoms with Gasteiger partial charge in [0.2, 0.25) is 0 Å². The number of nitrogens with zero attached hydrogens (tertiary/aromatic N) is 1. The normalized spacial score (nSPS) is 11.2. The second kappa shape index (κ2) is 6.00. The Morgan fingerprint density at radius 2 is 2.00 bits per heavy atom. The Bertz CT molecular complexity index is 160. The van der Waals surface area contributed by atoms with Crippen LogP contribution >= 0.6 is 0 Å². The van der Waals surface area contributed by atoms with Crippen molar-refractivity contribution in [1.29, 1.82) is 0 Å². The molecule has 0 aliphatic heterocycles. The molecule has 1 N–H and O–H groups in total. The second-order valence-corrected chi connectivity index (χ2v) is 4.22. The van der Waals surface area contributed by atoms with Gasteiger partial charge in [0.15, 0.2) is 6.73 Å². The van der Waals surface area contributed by atoms with Crippen molar-refractivity contribution < 1.29 is 14.3 Å². The van der Waals surface area contributed by atoms with Crippen LogP contribution in [0.15, 0.2) is 11.8 Å². The van der Waals surface area contributed by atoms with Crippen LogP contribution in [0, 0.1) is 0 Å². The van der Waals surface area contributed by atoms with E-state index in [4.69, 9.17) is 9.84 Å². The molecule has 0 aromatic carbocycles. The lowest BCUT2D eigenvalue weighted by Crippen LogP contribution is -2.41. The van der Waals surface area contributed by atoms with Crippen LogP contribution in [0.4, 0.5) is 0 Å². The number of aliphatic hydroxyl groups is 1. The Morgan fingerprint density at radius 3 is 2.46 bits per heavy atom. The smallest absolute Gasteiger partial charge is 0.179 e. The second-order valence-electron chi connectivity index (χ2n) is 4.22. The van der Waals surface area contributed by atoms with Crippen LogP contribution in [0.3, 0.4) is 0 Å². The third-order valence-electron chi connectivity index (χ3n) is 1.73. The van der Waals surface area contributed by atoms with Crippen LogP contribution in [0.1, 0.15) is 20.3 Å². The Morgan fingerprint density at radius 1 is 1.38 bits per heavy atom. The van der Waals surface area contributed by atoms with Gasteiger partial charge in [-0.2, -0.15) is 0 Å². The molecule has 0 aliphatic rings. The molecule has 0 bridgehead atoms. The third kappa shape index (κ3) is 7.81. The van der Waals surface area contributed by atoms with Gasteiger partial charge in [-0.25, -0.2) is 0 Å². The van der Waals surface area contributed by atoms with E-state index in [1.54, 1.807) is 6.26 Å². The molecule has 0 amide bonds. The lowest BCUT2D eigenvalue weighted by atomic mass is 10.4. The standard InChI is InChI=1S/C10H22NO2/c1-10(2)8-13-7-5-6-11(3,4)9-12/h8,12H,5-7,9H2,1-4H3/q+1. The molecule has 78 valence electrons. The predicted molar refractivity (Wildman–Crippen MR) is 54.1 cm³/mol. The highest BCUT2D eigenvalue weighted by atomic mass is 16.5. The summed E-state index contributed by atoms with van der Waals surface area (Å²) in [5.41, 5.74) is 1.18. The zero-order chi connectivity index (χ0) is 10.3. The molecule has 0 spiro atoms. The van der Waals surface area contributed by atoms with Crippen molar-refractivity contribution in [2.24, 2.45) is 0 Å². The van der Waals surface area contributed by atoms with Gasteiger partial charge in [0, 0.05) is 6.42 Å². The topological polar surface area (TPSA) is 29.5 Å². The Hall–Kier alpha value is -0.540. The van der Waals surface area contributed by atoms with E-state index in [-0.39, 0.29) is 6.73 Å². The van der Waals surface area contributed by atoms with Gasteiger partial charge in [0.05, 0.1) is 33.5 Å². The predicted octanol–water partition coefficient (Wildman–Crippen LogP) is 1.34. The van der Waals surface area contributed by atoms with Crippen molar-refractivity contribution in [1.82, 2.24) is 0 Å². The summed E-state index contributed by atoms with van der Waals surface area (Å²) in [6.07, 6.45) is 2.75. The number of hydrogen-bond donors (Lipinski definition) is 1. The first-order valence-electron chi connectivity index (χ1n) is 4.66. The van der Waals surface area contributed by atoms with Crippen molar-refractivity contribution in [3.05, 3.63) is 11.8 Å². The van der Waals surface area contributed by atoms with Crippen molar-refractivity contribution in [2.45, 2.75) is 20.3 Å². The third-order valence-corrected chi connectivity index (χ3v) is 1.73. The maximum atomic E-state index is 8.96. The molecule has 0 fully saturated rings. The Kier molecular flexibility index (Phi) is 5.75. The van der Waals surface area contributed by atoms with Crippen molar-refractivity contribution in [2.75, 3.05) is 34.0 Å². The first-order valence-corrected chi connectivity index (χ1v) is 4.66. The van der Waals surface area contributed by atoms with Crippen LogP contribution in [-0.4, -0.2) is 43.6 Å². The molecular formula is C10H22NO2+. The van der Waals surface area contributed by atoms with E-state index < -0.39 is 0 Å². The minimum absolute atomic E-state index is 0.183. The molecule has 0 aliphatic carbocycles. The van der Waals surface area contributed by atoms with E-state index >= 15 is 0 Å². The summed E-state index contributed by atoms with van der Waals surface area (Å²) in [5, 5.41) is 8.96. The van der Waals surface area contributed by atoms with E-state index in [1.165, 1.54) is 5.57 Å². The molecule has 0 saturated carbocycles. The number of hydrogen-bond acceptors (Lipinski definition) is 2. The summed E-state index contributed by atoms with van der Waals surface area (Å²) in [4.78, 5) is 0. The van der Waals surface area contributed by atoms with Crippen molar-refractivity contribution >= 4 is 0 Å². The molecule has 13 heavy (non-hydrogen) atoms. The van der Waals surface area contributed by atoms with Crippen LogP contribution in [0.5, 0.6) is 0 Å². The number of aliphatic hydroxyl groups excluding tert-OH is 1. The first kappa shape index (κ1) is 12.5. The molecule has 0 rings (SSSR count). The fraction of sp³-hybridized carbons (Fsp3) is 0.800. The van der Waals surface area contributed by atoms with Gasteiger partial charge in [0.1, 0.15) is 0 Å². The molecule has 0 unspecified atom stereocenters. The van der Waals surface area contributed by atoms with Gasteiger partial charge in [0.25, 0.3) is 0 Å². The van der Waals surface area contributed by atoms with Crippen LogP contribution in [0.2, 0.25) is 0 Å². The molecule has 3 nitrogen and oxygen atoms in total. The number of allylic oxidation sites excluding steroid dienone is 1. The summed E-state index contributed by atoms with van der Waals surface area (Å²) in [6, 6.07) is 0. The molecule has 3 heteroatoms. The van der Waals surface area contributed by atoms with Crippen LogP contribution in [0.25, 0.3) is 0 Å². The quantitative estimate of drug-likeness (QED) is 0.295. The van der Waals surface area contributed by atoms with E-state index in [0.29, 0.717) is 4.48 Å². The van der Waals surface area contributed by atoms with E-state index in [1.807, 2.05) is 27.9 Å². The highest BCUT2D eigenvalue weighted by molar-refractivity contribution is 4.86. The molecule has 0 aromatic heterocycles. The SMILES string of the molecule is CC(C)=COCCC[N+](C)(C)CO. The van der Waals surface area contributed by atoms with Gasteiger partial charge in [-0.1, -0.05) is 0 Å². The molecular weight excluding hydrogens is 166 g/mol. The fourth-order valence-corrected chi connectivity index (χ4v) is 0.872. The number of rotatable bonds is 6. The largest absolute Gasteiger partial charge is 0.501 e. The lowest BCUT2D eigenvalue weighted by molar-refractivity contribution is -0.909. The van der Waals surface area contributed by atoms with Gasteiger partial charge in [-0.05, 0) is 19.4 Å². The number of ether oxygens (including phenoxy) is 1. The molecule has 0 aromatic rings. The fourth-order valence-electron chi connectivity index (χ4n) is 0.872. The monoisotopic (exact) mass is 188 g/mol. The molecule has 0 heterocycles. The van der Waals surface area contributed by atoms with Crippen molar-refractivity contribution in [3.8, 4) is 0 Å². The molecule has 0 saturated heterocycles. The molecule has 0 radical (unpaired) electrons. The number of quaternary nitrogens is 1. The average Bonchev–Trinajstić information content (AvgIpc) is 2.03. The summed E-state index contributed by atoms with van der Waals surface area (Å²) in [5.74, 6) is 0. The zero-order valence-electron chi connectivity index (χ0n) is 9.21. The lowest BCUT2D eigenvalue weighted by Gasteiger charge is -2.26. The highest BCUT2D eigenvalue weighted by Crippen LogP contribution is 1.98. The molecule has 0 atom stereocenters. The van der Waals surface area contributed by atoms with E-state index in [0.717, 1.165) is 19.6 Å². The zero-order valence-corrected chi connectivity index (χ0v) is 9.21. The van der Waals surface area contributed by atoms with Gasteiger partial charge >= 0.3 is 0 Å². The summed E-state index contributed by atoms with van der Waals surface area (Å²) in [6.45, 7) is 5.87. The van der Waals surface area contributed by atoms with Gasteiger partial charge < -0.3 is 14.3 Å². The van der Waals surface area contributed by atoms with Crippen molar-refractivity contribution in [3.63, 3.8) is 0 Å². The Balaban J connectivity index is 3.41. The highest BCUT2D eigenvalue weighted by Gasteiger charge is 2.11. The van der Waals surface area contributed by atoms with E-state index in [2.05, 4.69) is 0 Å². The summed E-state index contributed by atoms with van der Waals surface area (Å²) in [7, 11) is 4.00. The minimum Gasteiger partial charge on any atom is -0.501 e. The maximum absolute atomic E-state index is 8.96. The van der Waals surface area contributed by atoms with Gasteiger partial charge in [-0.3, -0.25) is 0 Å². The maximum Gasteiger partial charge on any atom is 0.179 e.